The normalized spacial score (nSPS) is 14.1. The number of fused-ring (bicyclic) bond motifs is 1. The summed E-state index contributed by atoms with van der Waals surface area (Å²) in [5.41, 5.74) is 2.48. The molecular weight excluding hydrogens is 334 g/mol. The highest BCUT2D eigenvalue weighted by Crippen LogP contribution is 2.35. The molecule has 0 amide bonds. The number of aromatic amines is 1. The molecule has 0 atom stereocenters. The molecule has 0 aliphatic carbocycles. The molecule has 0 radical (unpaired) electrons. The number of hydrogen-bond donors (Lipinski definition) is 2. The summed E-state index contributed by atoms with van der Waals surface area (Å²) in [6.45, 7) is 4.00. The Hall–Kier alpha value is -2.54. The lowest BCUT2D eigenvalue weighted by Crippen LogP contribution is -2.35. The molecule has 0 saturated carbocycles. The van der Waals surface area contributed by atoms with Crippen LogP contribution in [0.15, 0.2) is 16.9 Å². The predicted octanol–water partition coefficient (Wildman–Crippen LogP) is 2.00. The van der Waals surface area contributed by atoms with Gasteiger partial charge in [-0.15, -0.1) is 0 Å². The van der Waals surface area contributed by atoms with Crippen LogP contribution < -0.4 is 15.0 Å². The molecule has 2 heterocycles. The molecule has 0 bridgehead atoms. The zero-order valence-corrected chi connectivity index (χ0v) is 15.5. The van der Waals surface area contributed by atoms with Crippen molar-refractivity contribution in [2.75, 3.05) is 20.8 Å². The van der Waals surface area contributed by atoms with Crippen LogP contribution in [0.4, 0.5) is 0 Å². The first-order valence-corrected chi connectivity index (χ1v) is 8.82. The van der Waals surface area contributed by atoms with Gasteiger partial charge in [0.2, 0.25) is 0 Å². The molecule has 0 saturated heterocycles. The van der Waals surface area contributed by atoms with Crippen molar-refractivity contribution in [1.29, 1.82) is 0 Å². The molecule has 3 rings (SSSR count). The van der Waals surface area contributed by atoms with Crippen molar-refractivity contribution in [2.45, 2.75) is 39.3 Å². The molecule has 0 unspecified atom stereocenters. The van der Waals surface area contributed by atoms with Crippen molar-refractivity contribution in [3.63, 3.8) is 0 Å². The maximum Gasteiger partial charge on any atom is 0.254 e. The van der Waals surface area contributed by atoms with Crippen molar-refractivity contribution < 1.29 is 14.6 Å². The van der Waals surface area contributed by atoms with Crippen molar-refractivity contribution in [1.82, 2.24) is 14.9 Å². The molecule has 1 aliphatic heterocycles. The number of aromatic nitrogens is 2. The van der Waals surface area contributed by atoms with Gasteiger partial charge in [0, 0.05) is 43.8 Å². The molecule has 1 aromatic heterocycles. The summed E-state index contributed by atoms with van der Waals surface area (Å²) < 4.78 is 10.8. The van der Waals surface area contributed by atoms with Gasteiger partial charge in [-0.25, -0.2) is 4.98 Å². The molecule has 26 heavy (non-hydrogen) atoms. The molecule has 1 aliphatic rings. The highest BCUT2D eigenvalue weighted by atomic mass is 16.5. The van der Waals surface area contributed by atoms with Gasteiger partial charge >= 0.3 is 0 Å². The quantitative estimate of drug-likeness (QED) is 0.820. The van der Waals surface area contributed by atoms with E-state index in [1.54, 1.807) is 26.4 Å². The fraction of sp³-hybridized carbons (Fsp3) is 0.474. The minimum Gasteiger partial charge on any atom is -0.508 e. The topological polar surface area (TPSA) is 87.7 Å². The first-order chi connectivity index (χ1) is 12.5. The molecule has 0 spiro atoms. The number of benzene rings is 1. The van der Waals surface area contributed by atoms with Gasteiger partial charge in [0.15, 0.2) is 0 Å². The summed E-state index contributed by atoms with van der Waals surface area (Å²) in [6, 6.07) is 3.16. The molecular formula is C19H25N3O4. The Labute approximate surface area is 152 Å². The first kappa shape index (κ1) is 18.3. The van der Waals surface area contributed by atoms with Crippen LogP contribution in [-0.2, 0) is 25.9 Å². The van der Waals surface area contributed by atoms with E-state index in [4.69, 9.17) is 9.47 Å². The highest BCUT2D eigenvalue weighted by molar-refractivity contribution is 5.50. The number of H-pyrrole nitrogens is 1. The fourth-order valence-corrected chi connectivity index (χ4v) is 3.39. The van der Waals surface area contributed by atoms with Crippen LogP contribution in [-0.4, -0.2) is 40.7 Å². The SMILES string of the molecule is CCCc1nc2c(c(=O)[nH]1)CCN(Cc1c(OC)cc(O)cc1OC)C2. The average Bonchev–Trinajstić information content (AvgIpc) is 2.62. The minimum atomic E-state index is -0.0158. The maximum absolute atomic E-state index is 12.3. The van der Waals surface area contributed by atoms with E-state index in [-0.39, 0.29) is 11.3 Å². The second-order valence-corrected chi connectivity index (χ2v) is 6.48. The van der Waals surface area contributed by atoms with E-state index in [1.165, 1.54) is 0 Å². The maximum atomic E-state index is 12.3. The zero-order valence-electron chi connectivity index (χ0n) is 15.5. The summed E-state index contributed by atoms with van der Waals surface area (Å²) in [4.78, 5) is 22.0. The van der Waals surface area contributed by atoms with Crippen molar-refractivity contribution in [3.8, 4) is 17.2 Å². The Morgan fingerprint density at radius 1 is 1.27 bits per heavy atom. The lowest BCUT2D eigenvalue weighted by Gasteiger charge is -2.28. The summed E-state index contributed by atoms with van der Waals surface area (Å²) in [5, 5.41) is 9.81. The van der Waals surface area contributed by atoms with Crippen LogP contribution in [0.2, 0.25) is 0 Å². The Bertz CT molecular complexity index is 822. The third kappa shape index (κ3) is 3.67. The second-order valence-electron chi connectivity index (χ2n) is 6.48. The largest absolute Gasteiger partial charge is 0.508 e. The number of phenolic OH excluding ortho intramolecular Hbond substituents is 1. The average molecular weight is 359 g/mol. The van der Waals surface area contributed by atoms with Gasteiger partial charge in [0.25, 0.3) is 5.56 Å². The van der Waals surface area contributed by atoms with E-state index in [0.29, 0.717) is 31.0 Å². The third-order valence-corrected chi connectivity index (χ3v) is 4.66. The number of nitrogens with zero attached hydrogens (tertiary/aromatic N) is 2. The van der Waals surface area contributed by atoms with E-state index >= 15 is 0 Å². The standard InChI is InChI=1S/C19H25N3O4/c1-4-5-18-20-15-11-22(7-6-13(15)19(24)21-18)10-14-16(25-2)8-12(23)9-17(14)26-3/h8-9,23H,4-7,10-11H2,1-3H3,(H,20,21,24). The highest BCUT2D eigenvalue weighted by Gasteiger charge is 2.23. The second kappa shape index (κ2) is 7.78. The van der Waals surface area contributed by atoms with E-state index in [1.807, 2.05) is 0 Å². The van der Waals surface area contributed by atoms with Crippen LogP contribution in [0.3, 0.4) is 0 Å². The van der Waals surface area contributed by atoms with E-state index < -0.39 is 0 Å². The van der Waals surface area contributed by atoms with Crippen LogP contribution >= 0.6 is 0 Å². The van der Waals surface area contributed by atoms with Gasteiger partial charge in [0.05, 0.1) is 25.5 Å². The lowest BCUT2D eigenvalue weighted by molar-refractivity contribution is 0.232. The monoisotopic (exact) mass is 359 g/mol. The van der Waals surface area contributed by atoms with Crippen LogP contribution in [0.25, 0.3) is 0 Å². The Morgan fingerprint density at radius 3 is 2.58 bits per heavy atom. The zero-order chi connectivity index (χ0) is 18.7. The smallest absolute Gasteiger partial charge is 0.254 e. The van der Waals surface area contributed by atoms with Crippen molar-refractivity contribution in [2.24, 2.45) is 0 Å². The first-order valence-electron chi connectivity index (χ1n) is 8.82. The molecule has 1 aromatic carbocycles. The van der Waals surface area contributed by atoms with Gasteiger partial charge in [-0.2, -0.15) is 0 Å². The number of aromatic hydroxyl groups is 1. The van der Waals surface area contributed by atoms with E-state index in [9.17, 15) is 9.90 Å². The number of rotatable bonds is 6. The number of ether oxygens (including phenoxy) is 2. The lowest BCUT2D eigenvalue weighted by atomic mass is 10.0. The molecule has 2 aromatic rings. The molecule has 2 N–H and O–H groups in total. The summed E-state index contributed by atoms with van der Waals surface area (Å²) in [6.07, 6.45) is 2.36. The van der Waals surface area contributed by atoms with Crippen LogP contribution in [0.1, 0.15) is 36.0 Å². The molecule has 7 heteroatoms. The number of phenols is 1. The van der Waals surface area contributed by atoms with Gasteiger partial charge in [-0.3, -0.25) is 9.69 Å². The van der Waals surface area contributed by atoms with Gasteiger partial charge in [-0.1, -0.05) is 6.92 Å². The summed E-state index contributed by atoms with van der Waals surface area (Å²) >= 11 is 0. The van der Waals surface area contributed by atoms with E-state index in [0.717, 1.165) is 42.0 Å². The van der Waals surface area contributed by atoms with Crippen molar-refractivity contribution in [3.05, 3.63) is 45.1 Å². The number of hydrogen-bond acceptors (Lipinski definition) is 6. The minimum absolute atomic E-state index is 0.0158. The fourth-order valence-electron chi connectivity index (χ4n) is 3.39. The van der Waals surface area contributed by atoms with Gasteiger partial charge in [-0.05, 0) is 12.8 Å². The van der Waals surface area contributed by atoms with E-state index in [2.05, 4.69) is 21.8 Å². The Morgan fingerprint density at radius 2 is 1.96 bits per heavy atom. The van der Waals surface area contributed by atoms with Gasteiger partial charge in [0.1, 0.15) is 23.1 Å². The summed E-state index contributed by atoms with van der Waals surface area (Å²) in [5.74, 6) is 2.01. The van der Waals surface area contributed by atoms with Crippen LogP contribution in [0, 0.1) is 0 Å². The Kier molecular flexibility index (Phi) is 5.46. The Balaban J connectivity index is 1.87. The van der Waals surface area contributed by atoms with Gasteiger partial charge < -0.3 is 19.6 Å². The third-order valence-electron chi connectivity index (χ3n) is 4.66. The number of methoxy groups -OCH3 is 2. The molecule has 0 fully saturated rings. The number of nitrogens with one attached hydrogen (secondary N) is 1. The van der Waals surface area contributed by atoms with Crippen molar-refractivity contribution >= 4 is 0 Å². The predicted molar refractivity (Wildman–Crippen MR) is 97.9 cm³/mol. The van der Waals surface area contributed by atoms with Crippen LogP contribution in [0.5, 0.6) is 17.2 Å². The molecule has 7 nitrogen and oxygen atoms in total. The number of aryl methyl sites for hydroxylation is 1. The molecule has 140 valence electrons. The summed E-state index contributed by atoms with van der Waals surface area (Å²) in [7, 11) is 3.14.